The summed E-state index contributed by atoms with van der Waals surface area (Å²) in [6.45, 7) is 9.69. The number of carbonyl (C=O) groups excluding carboxylic acids is 2. The average molecular weight is 514 g/mol. The molecule has 1 aliphatic rings. The van der Waals surface area contributed by atoms with Gasteiger partial charge in [-0.3, -0.25) is 14.9 Å². The highest BCUT2D eigenvalue weighted by atomic mass is 35.5. The molecule has 2 N–H and O–H groups in total. The minimum atomic E-state index is -4.00. The van der Waals surface area contributed by atoms with Crippen molar-refractivity contribution >= 4 is 39.1 Å². The molecule has 1 aromatic carbocycles. The predicted octanol–water partition coefficient (Wildman–Crippen LogP) is 3.33. The van der Waals surface area contributed by atoms with Crippen molar-refractivity contribution in [2.24, 2.45) is 0 Å². The number of sulfonamides is 1. The first-order chi connectivity index (χ1) is 15.6. The molecule has 0 saturated heterocycles. The van der Waals surface area contributed by atoms with Crippen molar-refractivity contribution in [2.45, 2.75) is 59.6 Å². The maximum atomic E-state index is 13.3. The number of allylic oxidation sites excluding steroid dienone is 3. The molecule has 1 atom stereocenters. The Bertz CT molecular complexity index is 1190. The third-order valence-electron chi connectivity index (χ3n) is 4.86. The summed E-state index contributed by atoms with van der Waals surface area (Å²) in [5.74, 6) is -3.60. The van der Waals surface area contributed by atoms with Crippen LogP contribution in [0.2, 0.25) is 5.02 Å². The molecule has 1 aliphatic heterocycles. The SMILES string of the molecule is CC1=C(C(=O)CS(=O)(=O)NC(C)C)C(c2cc([N+](=O)[O-])ccc2Cl)C(C(=O)OC(C)C)=C(C)N1. The quantitative estimate of drug-likeness (QED) is 0.290. The Labute approximate surface area is 203 Å². The molecular weight excluding hydrogens is 486 g/mol. The summed E-state index contributed by atoms with van der Waals surface area (Å²) in [6.07, 6.45) is -0.490. The molecule has 186 valence electrons. The monoisotopic (exact) mass is 513 g/mol. The number of benzene rings is 1. The van der Waals surface area contributed by atoms with Crippen LogP contribution in [0.3, 0.4) is 0 Å². The number of dihydropyridines is 1. The van der Waals surface area contributed by atoms with E-state index in [1.54, 1.807) is 41.5 Å². The van der Waals surface area contributed by atoms with Gasteiger partial charge in [-0.15, -0.1) is 0 Å². The minimum Gasteiger partial charge on any atom is -0.460 e. The number of ether oxygens (including phenoxy) is 1. The van der Waals surface area contributed by atoms with Crippen molar-refractivity contribution in [3.05, 3.63) is 61.4 Å². The van der Waals surface area contributed by atoms with Crippen LogP contribution in [0.4, 0.5) is 5.69 Å². The molecule has 0 spiro atoms. The minimum absolute atomic E-state index is 0.0132. The molecule has 1 unspecified atom stereocenters. The number of nitrogens with one attached hydrogen (secondary N) is 2. The number of non-ortho nitro benzene ring substituents is 1. The van der Waals surface area contributed by atoms with Crippen LogP contribution in [0.1, 0.15) is 53.0 Å². The van der Waals surface area contributed by atoms with E-state index >= 15 is 0 Å². The average Bonchev–Trinajstić information content (AvgIpc) is 2.65. The van der Waals surface area contributed by atoms with Crippen molar-refractivity contribution in [3.8, 4) is 0 Å². The fraction of sp³-hybridized carbons (Fsp3) is 0.455. The topological polar surface area (TPSA) is 145 Å². The first-order valence-electron chi connectivity index (χ1n) is 10.5. The van der Waals surface area contributed by atoms with Gasteiger partial charge in [-0.1, -0.05) is 11.6 Å². The van der Waals surface area contributed by atoms with Crippen LogP contribution in [0.15, 0.2) is 40.7 Å². The number of rotatable bonds is 9. The Morgan fingerprint density at radius 3 is 2.29 bits per heavy atom. The van der Waals surface area contributed by atoms with Crippen LogP contribution in [-0.4, -0.2) is 43.0 Å². The molecular formula is C22H28ClN3O7S. The van der Waals surface area contributed by atoms with Crippen molar-refractivity contribution in [1.29, 1.82) is 0 Å². The summed E-state index contributed by atoms with van der Waals surface area (Å²) >= 11 is 6.40. The summed E-state index contributed by atoms with van der Waals surface area (Å²) in [6, 6.07) is 3.24. The van der Waals surface area contributed by atoms with Crippen LogP contribution in [0.5, 0.6) is 0 Å². The molecule has 1 aromatic rings. The first kappa shape index (κ1) is 27.5. The highest BCUT2D eigenvalue weighted by Crippen LogP contribution is 2.43. The van der Waals surface area contributed by atoms with Crippen LogP contribution >= 0.6 is 11.6 Å². The largest absolute Gasteiger partial charge is 0.460 e. The summed E-state index contributed by atoms with van der Waals surface area (Å²) < 4.78 is 32.7. The Morgan fingerprint density at radius 2 is 1.76 bits per heavy atom. The summed E-state index contributed by atoms with van der Waals surface area (Å²) in [5, 5.41) is 14.4. The number of nitro groups is 1. The molecule has 1 heterocycles. The van der Waals surface area contributed by atoms with E-state index in [0.29, 0.717) is 11.4 Å². The number of nitrogens with zero attached hydrogens (tertiary/aromatic N) is 1. The molecule has 12 heteroatoms. The zero-order valence-corrected chi connectivity index (χ0v) is 21.3. The third kappa shape index (κ3) is 6.43. The number of ketones is 1. The molecule has 0 amide bonds. The molecule has 0 saturated carbocycles. The molecule has 0 aromatic heterocycles. The normalized spacial score (nSPS) is 16.7. The van der Waals surface area contributed by atoms with Crippen LogP contribution < -0.4 is 10.0 Å². The second kappa shape index (κ2) is 10.7. The maximum Gasteiger partial charge on any atom is 0.337 e. The van der Waals surface area contributed by atoms with E-state index in [9.17, 15) is 28.1 Å². The van der Waals surface area contributed by atoms with Crippen molar-refractivity contribution < 1.29 is 27.7 Å². The van der Waals surface area contributed by atoms with Crippen molar-refractivity contribution in [1.82, 2.24) is 10.0 Å². The second-order valence-electron chi connectivity index (χ2n) is 8.51. The molecule has 0 radical (unpaired) electrons. The van der Waals surface area contributed by atoms with Gasteiger partial charge >= 0.3 is 5.97 Å². The summed E-state index contributed by atoms with van der Waals surface area (Å²) in [4.78, 5) is 37.2. The fourth-order valence-electron chi connectivity index (χ4n) is 3.74. The fourth-order valence-corrected chi connectivity index (χ4v) is 5.27. The van der Waals surface area contributed by atoms with E-state index in [0.717, 1.165) is 0 Å². The molecule has 0 fully saturated rings. The van der Waals surface area contributed by atoms with Crippen LogP contribution in [-0.2, 0) is 24.3 Å². The Balaban J connectivity index is 2.74. The van der Waals surface area contributed by atoms with E-state index in [1.807, 2.05) is 0 Å². The number of halogens is 1. The van der Waals surface area contributed by atoms with E-state index in [1.165, 1.54) is 18.2 Å². The van der Waals surface area contributed by atoms with Gasteiger partial charge in [0.05, 0.1) is 16.6 Å². The van der Waals surface area contributed by atoms with Gasteiger partial charge < -0.3 is 10.1 Å². The first-order valence-corrected chi connectivity index (χ1v) is 12.5. The molecule has 0 bridgehead atoms. The maximum absolute atomic E-state index is 13.3. The van der Waals surface area contributed by atoms with Crippen molar-refractivity contribution in [3.63, 3.8) is 0 Å². The lowest BCUT2D eigenvalue weighted by Crippen LogP contribution is -2.38. The number of carbonyl (C=O) groups is 2. The lowest BCUT2D eigenvalue weighted by molar-refractivity contribution is -0.384. The van der Waals surface area contributed by atoms with Gasteiger partial charge in [-0.05, 0) is 53.2 Å². The van der Waals surface area contributed by atoms with Gasteiger partial charge in [-0.2, -0.15) is 0 Å². The van der Waals surface area contributed by atoms with E-state index in [4.69, 9.17) is 16.3 Å². The van der Waals surface area contributed by atoms with Gasteiger partial charge in [0.1, 0.15) is 5.75 Å². The second-order valence-corrected chi connectivity index (χ2v) is 10.7. The highest BCUT2D eigenvalue weighted by Gasteiger charge is 2.40. The summed E-state index contributed by atoms with van der Waals surface area (Å²) in [5.41, 5.74) is 0.443. The number of Topliss-reactive ketones (excluding diaryl/α,β-unsaturated/α-hetero) is 1. The zero-order chi connectivity index (χ0) is 26.0. The van der Waals surface area contributed by atoms with Crippen molar-refractivity contribution in [2.75, 3.05) is 5.75 Å². The standard InChI is InChI=1S/C22H28ClN3O7S/c1-11(2)25-34(31,32)10-18(27)19-13(5)24-14(6)20(22(28)33-12(3)4)21(19)16-9-15(26(29)30)7-8-17(16)23/h7-9,11-12,21,24-25H,10H2,1-6H3. The molecule has 10 nitrogen and oxygen atoms in total. The number of hydrogen-bond acceptors (Lipinski definition) is 8. The Hall–Kier alpha value is -2.76. The zero-order valence-electron chi connectivity index (χ0n) is 19.8. The van der Waals surface area contributed by atoms with Crippen LogP contribution in [0.25, 0.3) is 0 Å². The van der Waals surface area contributed by atoms with E-state index in [2.05, 4.69) is 10.0 Å². The van der Waals surface area contributed by atoms with E-state index in [-0.39, 0.29) is 27.4 Å². The Morgan fingerprint density at radius 1 is 1.18 bits per heavy atom. The van der Waals surface area contributed by atoms with Gasteiger partial charge in [-0.25, -0.2) is 17.9 Å². The predicted molar refractivity (Wildman–Crippen MR) is 128 cm³/mol. The Kier molecular flexibility index (Phi) is 8.62. The van der Waals surface area contributed by atoms with Crippen LogP contribution in [0, 0.1) is 10.1 Å². The third-order valence-corrected chi connectivity index (χ3v) is 6.68. The lowest BCUT2D eigenvalue weighted by Gasteiger charge is -2.31. The van der Waals surface area contributed by atoms with Gasteiger partial charge in [0.2, 0.25) is 10.0 Å². The van der Waals surface area contributed by atoms with Gasteiger partial charge in [0, 0.05) is 46.1 Å². The van der Waals surface area contributed by atoms with E-state index < -0.39 is 50.5 Å². The molecule has 34 heavy (non-hydrogen) atoms. The number of esters is 1. The number of nitro benzene ring substituents is 1. The summed E-state index contributed by atoms with van der Waals surface area (Å²) in [7, 11) is -4.00. The lowest BCUT2D eigenvalue weighted by atomic mass is 9.78. The number of hydrogen-bond donors (Lipinski definition) is 2. The smallest absolute Gasteiger partial charge is 0.337 e. The van der Waals surface area contributed by atoms with Gasteiger partial charge in [0.15, 0.2) is 5.78 Å². The highest BCUT2D eigenvalue weighted by molar-refractivity contribution is 7.90. The molecule has 0 aliphatic carbocycles. The molecule has 2 rings (SSSR count). The van der Waals surface area contributed by atoms with Gasteiger partial charge in [0.25, 0.3) is 5.69 Å².